The van der Waals surface area contributed by atoms with E-state index in [9.17, 15) is 0 Å². The minimum atomic E-state index is 0.520. The molecule has 0 aliphatic rings. The molecule has 0 aromatic rings. The molecule has 0 heterocycles. The van der Waals surface area contributed by atoms with Gasteiger partial charge in [0.25, 0.3) is 0 Å². The van der Waals surface area contributed by atoms with Crippen molar-refractivity contribution >= 4 is 5.71 Å². The van der Waals surface area contributed by atoms with Crippen LogP contribution in [0.15, 0.2) is 11.8 Å². The summed E-state index contributed by atoms with van der Waals surface area (Å²) >= 11 is 0. The third kappa shape index (κ3) is 2.87. The summed E-state index contributed by atoms with van der Waals surface area (Å²) in [5.41, 5.74) is 6.58. The molecule has 4 N–H and O–H groups in total. The molecule has 3 heteroatoms. The van der Waals surface area contributed by atoms with Crippen LogP contribution < -0.4 is 11.1 Å². The zero-order chi connectivity index (χ0) is 7.28. The third-order valence-corrected chi connectivity index (χ3v) is 1.05. The van der Waals surface area contributed by atoms with E-state index in [1.165, 1.54) is 6.20 Å². The van der Waals surface area contributed by atoms with E-state index < -0.39 is 0 Å². The van der Waals surface area contributed by atoms with Crippen molar-refractivity contribution in [3.05, 3.63) is 11.8 Å². The van der Waals surface area contributed by atoms with Gasteiger partial charge in [-0.05, 0) is 14.0 Å². The van der Waals surface area contributed by atoms with Gasteiger partial charge in [0.15, 0.2) is 0 Å². The summed E-state index contributed by atoms with van der Waals surface area (Å²) in [6.45, 7) is 2.39. The molecule has 0 spiro atoms. The van der Waals surface area contributed by atoms with Crippen molar-refractivity contribution in [1.82, 2.24) is 5.32 Å². The standard InChI is InChI=1S/C6H13N3/c1-5(8)6(3-7)4-9-2/h3,8-9H,4,7H2,1-2H3/b6-3-,8-5?. The normalized spacial score (nSPS) is 11.6. The van der Waals surface area contributed by atoms with Crippen molar-refractivity contribution in [2.45, 2.75) is 6.92 Å². The predicted octanol–water partition coefficient (Wildman–Crippen LogP) is 0.0881. The third-order valence-electron chi connectivity index (χ3n) is 1.05. The monoisotopic (exact) mass is 127 g/mol. The lowest BCUT2D eigenvalue weighted by molar-refractivity contribution is 0.898. The summed E-state index contributed by atoms with van der Waals surface area (Å²) in [7, 11) is 1.83. The van der Waals surface area contributed by atoms with Crippen LogP contribution in [0.2, 0.25) is 0 Å². The van der Waals surface area contributed by atoms with Crippen LogP contribution in [0.3, 0.4) is 0 Å². The Balaban J connectivity index is 3.85. The molecule has 0 saturated carbocycles. The summed E-state index contributed by atoms with van der Waals surface area (Å²) in [5.74, 6) is 0. The van der Waals surface area contributed by atoms with Crippen LogP contribution in [-0.2, 0) is 0 Å². The predicted molar refractivity (Wildman–Crippen MR) is 39.6 cm³/mol. The Morgan fingerprint density at radius 2 is 2.33 bits per heavy atom. The van der Waals surface area contributed by atoms with Crippen molar-refractivity contribution in [2.75, 3.05) is 13.6 Å². The molecule has 52 valence electrons. The Morgan fingerprint density at radius 1 is 1.78 bits per heavy atom. The van der Waals surface area contributed by atoms with Crippen LogP contribution in [0.25, 0.3) is 0 Å². The molecule has 0 aliphatic heterocycles. The largest absolute Gasteiger partial charge is 0.404 e. The van der Waals surface area contributed by atoms with Gasteiger partial charge in [-0.3, -0.25) is 0 Å². The number of nitrogens with one attached hydrogen (secondary N) is 2. The molecule has 0 aromatic heterocycles. The molecule has 0 unspecified atom stereocenters. The van der Waals surface area contributed by atoms with Gasteiger partial charge >= 0.3 is 0 Å². The van der Waals surface area contributed by atoms with E-state index in [1.54, 1.807) is 6.92 Å². The highest BCUT2D eigenvalue weighted by Crippen LogP contribution is 1.89. The molecule has 9 heavy (non-hydrogen) atoms. The Hall–Kier alpha value is -0.830. The minimum absolute atomic E-state index is 0.520. The molecule has 0 aliphatic carbocycles. The van der Waals surface area contributed by atoms with E-state index in [0.29, 0.717) is 12.3 Å². The summed E-state index contributed by atoms with van der Waals surface area (Å²) < 4.78 is 0. The van der Waals surface area contributed by atoms with E-state index in [-0.39, 0.29) is 0 Å². The maximum Gasteiger partial charge on any atom is 0.0342 e. The van der Waals surface area contributed by atoms with Crippen LogP contribution >= 0.6 is 0 Å². The summed E-state index contributed by atoms with van der Waals surface area (Å²) in [6, 6.07) is 0. The Labute approximate surface area is 55.4 Å². The Morgan fingerprint density at radius 3 is 2.44 bits per heavy atom. The van der Waals surface area contributed by atoms with Gasteiger partial charge in [0.05, 0.1) is 0 Å². The fraction of sp³-hybridized carbons (Fsp3) is 0.500. The second-order valence-electron chi connectivity index (χ2n) is 1.85. The molecule has 0 saturated heterocycles. The first-order chi connectivity index (χ1) is 4.22. The number of rotatable bonds is 3. The summed E-state index contributed by atoms with van der Waals surface area (Å²) in [6.07, 6.45) is 1.46. The molecule has 0 aromatic carbocycles. The van der Waals surface area contributed by atoms with Crippen LogP contribution in [0, 0.1) is 5.41 Å². The van der Waals surface area contributed by atoms with Crippen molar-refractivity contribution in [3.8, 4) is 0 Å². The van der Waals surface area contributed by atoms with Crippen LogP contribution in [-0.4, -0.2) is 19.3 Å². The van der Waals surface area contributed by atoms with E-state index in [2.05, 4.69) is 5.32 Å². The lowest BCUT2D eigenvalue weighted by atomic mass is 10.2. The van der Waals surface area contributed by atoms with Gasteiger partial charge in [-0.2, -0.15) is 0 Å². The topological polar surface area (TPSA) is 61.9 Å². The quantitative estimate of drug-likeness (QED) is 0.470. The molecule has 0 amide bonds. The first-order valence-electron chi connectivity index (χ1n) is 2.83. The van der Waals surface area contributed by atoms with Crippen LogP contribution in [0.5, 0.6) is 0 Å². The zero-order valence-electron chi connectivity index (χ0n) is 5.86. The van der Waals surface area contributed by atoms with Gasteiger partial charge in [-0.25, -0.2) is 0 Å². The second kappa shape index (κ2) is 4.09. The van der Waals surface area contributed by atoms with E-state index in [4.69, 9.17) is 11.1 Å². The first-order valence-corrected chi connectivity index (χ1v) is 2.83. The average Bonchev–Trinajstić information content (AvgIpc) is 1.82. The highest BCUT2D eigenvalue weighted by Gasteiger charge is 1.94. The van der Waals surface area contributed by atoms with E-state index >= 15 is 0 Å². The summed E-state index contributed by atoms with van der Waals surface area (Å²) in [4.78, 5) is 0. The highest BCUT2D eigenvalue weighted by atomic mass is 14.8. The average molecular weight is 127 g/mol. The lowest BCUT2D eigenvalue weighted by Crippen LogP contribution is -2.15. The highest BCUT2D eigenvalue weighted by molar-refractivity contribution is 5.95. The Kier molecular flexibility index (Phi) is 3.71. The minimum Gasteiger partial charge on any atom is -0.404 e. The van der Waals surface area contributed by atoms with Crippen molar-refractivity contribution in [1.29, 1.82) is 5.41 Å². The maximum absolute atomic E-state index is 7.17. The van der Waals surface area contributed by atoms with Crippen LogP contribution in [0.1, 0.15) is 6.92 Å². The second-order valence-corrected chi connectivity index (χ2v) is 1.85. The number of hydrogen-bond donors (Lipinski definition) is 3. The van der Waals surface area contributed by atoms with Gasteiger partial charge in [0.1, 0.15) is 0 Å². The van der Waals surface area contributed by atoms with E-state index in [1.807, 2.05) is 7.05 Å². The molecule has 0 bridgehead atoms. The van der Waals surface area contributed by atoms with Gasteiger partial charge in [-0.15, -0.1) is 0 Å². The van der Waals surface area contributed by atoms with E-state index in [0.717, 1.165) is 5.57 Å². The number of nitrogens with two attached hydrogens (primary N) is 1. The molecular formula is C6H13N3. The molecule has 0 atom stereocenters. The van der Waals surface area contributed by atoms with Crippen molar-refractivity contribution in [3.63, 3.8) is 0 Å². The zero-order valence-corrected chi connectivity index (χ0v) is 5.86. The van der Waals surface area contributed by atoms with Crippen molar-refractivity contribution in [2.24, 2.45) is 5.73 Å². The number of likely N-dealkylation sites (N-methyl/N-ethyl adjacent to an activating group) is 1. The molecule has 0 rings (SSSR count). The first kappa shape index (κ1) is 8.17. The fourth-order valence-corrected chi connectivity index (χ4v) is 0.507. The van der Waals surface area contributed by atoms with Crippen molar-refractivity contribution < 1.29 is 0 Å². The summed E-state index contributed by atoms with van der Waals surface area (Å²) in [5, 5.41) is 10.1. The Bertz CT molecular complexity index is 126. The lowest BCUT2D eigenvalue weighted by Gasteiger charge is -2.01. The van der Waals surface area contributed by atoms with Gasteiger partial charge in [0, 0.05) is 24.0 Å². The molecule has 0 radical (unpaired) electrons. The molecule has 0 fully saturated rings. The fourth-order valence-electron chi connectivity index (χ4n) is 0.507. The van der Waals surface area contributed by atoms with Gasteiger partial charge in [0.2, 0.25) is 0 Å². The van der Waals surface area contributed by atoms with Gasteiger partial charge in [-0.1, -0.05) is 0 Å². The number of hydrogen-bond acceptors (Lipinski definition) is 3. The van der Waals surface area contributed by atoms with Gasteiger partial charge < -0.3 is 16.5 Å². The molecule has 3 nitrogen and oxygen atoms in total. The SMILES string of the molecule is CNC/C(=C/N)C(C)=N. The molecular weight excluding hydrogens is 114 g/mol. The maximum atomic E-state index is 7.17. The smallest absolute Gasteiger partial charge is 0.0342 e. The van der Waals surface area contributed by atoms with Crippen LogP contribution in [0.4, 0.5) is 0 Å².